The molecular formula is C17H25N5O2S2. The summed E-state index contributed by atoms with van der Waals surface area (Å²) >= 11 is 1.61. The molecule has 0 amide bonds. The normalized spacial score (nSPS) is 18.9. The Morgan fingerprint density at radius 1 is 1.27 bits per heavy atom. The molecule has 0 N–H and O–H groups in total. The molecule has 0 saturated carbocycles. The average Bonchev–Trinajstić information content (AvgIpc) is 3.23. The van der Waals surface area contributed by atoms with E-state index in [4.69, 9.17) is 0 Å². The molecule has 3 heterocycles. The Labute approximate surface area is 159 Å². The van der Waals surface area contributed by atoms with Gasteiger partial charge < -0.3 is 0 Å². The first kappa shape index (κ1) is 19.3. The second kappa shape index (κ2) is 7.67. The van der Waals surface area contributed by atoms with Gasteiger partial charge in [-0.2, -0.15) is 17.0 Å². The van der Waals surface area contributed by atoms with E-state index in [2.05, 4.69) is 28.8 Å². The highest BCUT2D eigenvalue weighted by atomic mass is 32.2. The molecule has 7 nitrogen and oxygen atoms in total. The monoisotopic (exact) mass is 395 g/mol. The molecule has 1 saturated heterocycles. The lowest BCUT2D eigenvalue weighted by atomic mass is 10.1. The third-order valence-electron chi connectivity index (χ3n) is 4.37. The van der Waals surface area contributed by atoms with Crippen molar-refractivity contribution in [2.45, 2.75) is 39.2 Å². The SMILES string of the molecule is CC(C)Cc1ncc(-c2nccnc2C2CCCN2S(=O)(=O)N(C)C)s1. The molecule has 1 fully saturated rings. The molecule has 1 atom stereocenters. The Balaban J connectivity index is 1.98. The van der Waals surface area contributed by atoms with E-state index in [0.29, 0.717) is 12.5 Å². The predicted octanol–water partition coefficient (Wildman–Crippen LogP) is 2.74. The predicted molar refractivity (Wildman–Crippen MR) is 103 cm³/mol. The first-order valence-electron chi connectivity index (χ1n) is 8.76. The molecule has 2 aromatic heterocycles. The second-order valence-corrected chi connectivity index (χ2v) is 10.3. The van der Waals surface area contributed by atoms with Gasteiger partial charge in [0.1, 0.15) is 5.69 Å². The first-order valence-corrected chi connectivity index (χ1v) is 11.0. The summed E-state index contributed by atoms with van der Waals surface area (Å²) in [5, 5.41) is 1.07. The molecule has 142 valence electrons. The summed E-state index contributed by atoms with van der Waals surface area (Å²) in [6, 6.07) is -0.290. The van der Waals surface area contributed by atoms with E-state index in [0.717, 1.165) is 40.5 Å². The van der Waals surface area contributed by atoms with Crippen molar-refractivity contribution in [1.29, 1.82) is 0 Å². The van der Waals surface area contributed by atoms with E-state index in [1.807, 2.05) is 6.20 Å². The molecule has 3 rings (SSSR count). The summed E-state index contributed by atoms with van der Waals surface area (Å²) in [5.74, 6) is 0.533. The van der Waals surface area contributed by atoms with Crippen molar-refractivity contribution in [3.05, 3.63) is 29.3 Å². The molecular weight excluding hydrogens is 370 g/mol. The third kappa shape index (κ3) is 3.80. The average molecular weight is 396 g/mol. The molecule has 0 spiro atoms. The van der Waals surface area contributed by atoms with E-state index in [1.165, 1.54) is 8.61 Å². The molecule has 0 aliphatic carbocycles. The number of rotatable bonds is 6. The maximum absolute atomic E-state index is 12.7. The van der Waals surface area contributed by atoms with Crippen LogP contribution in [0.4, 0.5) is 0 Å². The molecule has 9 heteroatoms. The van der Waals surface area contributed by atoms with Crippen LogP contribution in [0, 0.1) is 5.92 Å². The zero-order valence-corrected chi connectivity index (χ0v) is 17.2. The van der Waals surface area contributed by atoms with E-state index >= 15 is 0 Å². The van der Waals surface area contributed by atoms with Crippen molar-refractivity contribution < 1.29 is 8.42 Å². The van der Waals surface area contributed by atoms with Crippen LogP contribution in [-0.2, 0) is 16.6 Å². The van der Waals surface area contributed by atoms with Gasteiger partial charge in [0.05, 0.1) is 21.6 Å². The van der Waals surface area contributed by atoms with Crippen LogP contribution in [-0.4, -0.2) is 52.6 Å². The third-order valence-corrected chi connectivity index (χ3v) is 7.35. The maximum atomic E-state index is 12.7. The van der Waals surface area contributed by atoms with Crippen molar-refractivity contribution in [3.8, 4) is 10.6 Å². The lowest BCUT2D eigenvalue weighted by molar-refractivity contribution is 0.358. The first-order chi connectivity index (χ1) is 12.3. The van der Waals surface area contributed by atoms with E-state index in [-0.39, 0.29) is 6.04 Å². The Bertz CT molecular complexity index is 864. The number of aromatic nitrogens is 3. The summed E-state index contributed by atoms with van der Waals surface area (Å²) in [6.07, 6.45) is 7.60. The molecule has 26 heavy (non-hydrogen) atoms. The lowest BCUT2D eigenvalue weighted by Gasteiger charge is -2.27. The van der Waals surface area contributed by atoms with E-state index in [1.54, 1.807) is 37.8 Å². The highest BCUT2D eigenvalue weighted by Gasteiger charge is 2.38. The molecule has 1 aliphatic heterocycles. The zero-order valence-electron chi connectivity index (χ0n) is 15.6. The van der Waals surface area contributed by atoms with Crippen molar-refractivity contribution in [2.24, 2.45) is 5.92 Å². The number of hydrogen-bond donors (Lipinski definition) is 0. The summed E-state index contributed by atoms with van der Waals surface area (Å²) in [7, 11) is -0.379. The van der Waals surface area contributed by atoms with Crippen molar-refractivity contribution >= 4 is 21.5 Å². The van der Waals surface area contributed by atoms with Crippen LogP contribution in [0.25, 0.3) is 10.6 Å². The molecule has 0 aromatic carbocycles. The smallest absolute Gasteiger partial charge is 0.256 e. The van der Waals surface area contributed by atoms with Crippen LogP contribution >= 0.6 is 11.3 Å². The van der Waals surface area contributed by atoms with Gasteiger partial charge in [-0.15, -0.1) is 11.3 Å². The number of nitrogens with zero attached hydrogens (tertiary/aromatic N) is 5. The van der Waals surface area contributed by atoms with E-state index < -0.39 is 10.2 Å². The van der Waals surface area contributed by atoms with Crippen molar-refractivity contribution in [1.82, 2.24) is 23.6 Å². The van der Waals surface area contributed by atoms with Gasteiger partial charge in [0.15, 0.2) is 0 Å². The molecule has 0 bridgehead atoms. The Kier molecular flexibility index (Phi) is 5.71. The maximum Gasteiger partial charge on any atom is 0.282 e. The largest absolute Gasteiger partial charge is 0.282 e. The minimum absolute atomic E-state index is 0.290. The highest BCUT2D eigenvalue weighted by Crippen LogP contribution is 2.38. The lowest BCUT2D eigenvalue weighted by Crippen LogP contribution is -2.39. The molecule has 0 radical (unpaired) electrons. The Morgan fingerprint density at radius 3 is 2.69 bits per heavy atom. The molecule has 1 aliphatic rings. The minimum Gasteiger partial charge on any atom is -0.256 e. The fourth-order valence-corrected chi connectivity index (χ4v) is 5.59. The van der Waals surface area contributed by atoms with Crippen molar-refractivity contribution in [3.63, 3.8) is 0 Å². The van der Waals surface area contributed by atoms with Gasteiger partial charge in [0, 0.05) is 45.7 Å². The summed E-state index contributed by atoms with van der Waals surface area (Å²) in [4.78, 5) is 14.5. The molecule has 1 unspecified atom stereocenters. The van der Waals surface area contributed by atoms with Gasteiger partial charge in [0.25, 0.3) is 10.2 Å². The van der Waals surface area contributed by atoms with Crippen LogP contribution in [0.15, 0.2) is 18.6 Å². The van der Waals surface area contributed by atoms with Gasteiger partial charge in [-0.25, -0.2) is 4.98 Å². The van der Waals surface area contributed by atoms with Gasteiger partial charge in [-0.05, 0) is 18.8 Å². The zero-order chi connectivity index (χ0) is 18.9. The van der Waals surface area contributed by atoms with Crippen LogP contribution in [0.2, 0.25) is 0 Å². The Hall–Kier alpha value is -1.42. The quantitative estimate of drug-likeness (QED) is 0.751. The van der Waals surface area contributed by atoms with Crippen LogP contribution in [0.5, 0.6) is 0 Å². The van der Waals surface area contributed by atoms with Gasteiger partial charge in [0.2, 0.25) is 0 Å². The van der Waals surface area contributed by atoms with Crippen LogP contribution in [0.3, 0.4) is 0 Å². The topological polar surface area (TPSA) is 79.3 Å². The number of hydrogen-bond acceptors (Lipinski definition) is 6. The van der Waals surface area contributed by atoms with Gasteiger partial charge in [-0.3, -0.25) is 9.97 Å². The van der Waals surface area contributed by atoms with Crippen molar-refractivity contribution in [2.75, 3.05) is 20.6 Å². The molecule has 2 aromatic rings. The van der Waals surface area contributed by atoms with Gasteiger partial charge in [-0.1, -0.05) is 13.8 Å². The Morgan fingerprint density at radius 2 is 2.00 bits per heavy atom. The summed E-state index contributed by atoms with van der Waals surface area (Å²) in [5.41, 5.74) is 1.46. The fraction of sp³-hybridized carbons (Fsp3) is 0.588. The van der Waals surface area contributed by atoms with Crippen LogP contribution < -0.4 is 0 Å². The fourth-order valence-electron chi connectivity index (χ4n) is 3.15. The second-order valence-electron chi connectivity index (χ2n) is 7.07. The minimum atomic E-state index is -3.50. The number of thiazole rings is 1. The summed E-state index contributed by atoms with van der Waals surface area (Å²) in [6.45, 7) is 4.83. The summed E-state index contributed by atoms with van der Waals surface area (Å²) < 4.78 is 28.2. The highest BCUT2D eigenvalue weighted by molar-refractivity contribution is 7.86. The van der Waals surface area contributed by atoms with Crippen LogP contribution in [0.1, 0.15) is 43.4 Å². The van der Waals surface area contributed by atoms with E-state index in [9.17, 15) is 8.42 Å². The standard InChI is InChI=1S/C17H25N5O2S2/c1-12(2)10-15-20-11-14(25-15)17-16(18-7-8-19-17)13-6-5-9-22(13)26(23,24)21(3)4/h7-8,11-13H,5-6,9-10H2,1-4H3. The van der Waals surface area contributed by atoms with Gasteiger partial charge >= 0.3 is 0 Å².